The number of ether oxygens (including phenoxy) is 2. The van der Waals surface area contributed by atoms with Crippen LogP contribution in [0, 0.1) is 0 Å². The van der Waals surface area contributed by atoms with Crippen molar-refractivity contribution in [2.75, 3.05) is 7.11 Å². The summed E-state index contributed by atoms with van der Waals surface area (Å²) in [5, 5.41) is 1.40. The number of methoxy groups -OCH3 is 1. The van der Waals surface area contributed by atoms with Crippen LogP contribution in [0.25, 0.3) is 10.9 Å². The van der Waals surface area contributed by atoms with Gasteiger partial charge in [0.15, 0.2) is 0 Å². The third-order valence-corrected chi connectivity index (χ3v) is 5.86. The van der Waals surface area contributed by atoms with E-state index in [0.29, 0.717) is 29.2 Å². The van der Waals surface area contributed by atoms with Gasteiger partial charge in [-0.3, -0.25) is 0 Å². The Hall–Kier alpha value is -3.57. The van der Waals surface area contributed by atoms with Crippen molar-refractivity contribution in [3.63, 3.8) is 0 Å². The van der Waals surface area contributed by atoms with Crippen molar-refractivity contribution in [3.8, 4) is 0 Å². The molecule has 5 nitrogen and oxygen atoms in total. The number of carbonyl (C=O) groups is 2. The van der Waals surface area contributed by atoms with Gasteiger partial charge < -0.3 is 14.0 Å². The molecule has 0 radical (unpaired) electrons. The second-order valence-electron chi connectivity index (χ2n) is 9.47. The number of nitrogens with zero attached hydrogens (tertiary/aromatic N) is 1. The fraction of sp³-hybridized carbons (Fsp3) is 0.241. The van der Waals surface area contributed by atoms with Gasteiger partial charge in [0.1, 0.15) is 11.3 Å². The smallest absolute Gasteiger partial charge is 0.355 e. The normalized spacial score (nSPS) is 11.5. The standard InChI is InChI=1S/C29H28ClNO4/c1-29(2,3)35-28(33)26-16-22-15-20(14-21-11-12-23(30)17-24(21)27(32)34-4)10-13-25(22)31(26)18-19-8-6-5-7-9-19/h5-13,15-17H,14,18H2,1-4H3. The molecule has 3 aromatic carbocycles. The Kier molecular flexibility index (Phi) is 6.99. The first-order chi connectivity index (χ1) is 16.6. The number of hydrogen-bond acceptors (Lipinski definition) is 4. The number of rotatable bonds is 6. The second-order valence-corrected chi connectivity index (χ2v) is 9.90. The third-order valence-electron chi connectivity index (χ3n) is 5.63. The molecule has 4 rings (SSSR count). The quantitative estimate of drug-likeness (QED) is 0.283. The third kappa shape index (κ3) is 5.75. The minimum atomic E-state index is -0.602. The van der Waals surface area contributed by atoms with Gasteiger partial charge in [0.25, 0.3) is 0 Å². The fourth-order valence-electron chi connectivity index (χ4n) is 4.09. The molecule has 0 saturated carbocycles. The molecule has 35 heavy (non-hydrogen) atoms. The van der Waals surface area contributed by atoms with Crippen molar-refractivity contribution in [2.45, 2.75) is 39.3 Å². The molecular formula is C29H28ClNO4. The van der Waals surface area contributed by atoms with Gasteiger partial charge in [-0.15, -0.1) is 0 Å². The van der Waals surface area contributed by atoms with E-state index in [1.807, 2.05) is 86.0 Å². The number of esters is 2. The maximum absolute atomic E-state index is 13.1. The Balaban J connectivity index is 1.75. The molecule has 1 heterocycles. The molecule has 0 spiro atoms. The van der Waals surface area contributed by atoms with Gasteiger partial charge >= 0.3 is 11.9 Å². The highest BCUT2D eigenvalue weighted by Gasteiger charge is 2.23. The Bertz CT molecular complexity index is 1380. The van der Waals surface area contributed by atoms with Gasteiger partial charge in [-0.05, 0) is 74.2 Å². The molecule has 1 aromatic heterocycles. The summed E-state index contributed by atoms with van der Waals surface area (Å²) < 4.78 is 12.6. The monoisotopic (exact) mass is 489 g/mol. The fourth-order valence-corrected chi connectivity index (χ4v) is 4.26. The molecule has 0 aliphatic carbocycles. The maximum atomic E-state index is 13.1. The molecule has 0 bridgehead atoms. The molecule has 0 aliphatic rings. The summed E-state index contributed by atoms with van der Waals surface area (Å²) in [6.07, 6.45) is 0.517. The predicted octanol–water partition coefficient (Wildman–Crippen LogP) is 6.68. The summed E-state index contributed by atoms with van der Waals surface area (Å²) in [6, 6.07) is 23.2. The van der Waals surface area contributed by atoms with E-state index in [1.165, 1.54) is 7.11 Å². The number of aromatic nitrogens is 1. The Morgan fingerprint density at radius 1 is 0.886 bits per heavy atom. The highest BCUT2D eigenvalue weighted by Crippen LogP contribution is 2.27. The molecule has 0 saturated heterocycles. The Morgan fingerprint density at radius 3 is 2.31 bits per heavy atom. The van der Waals surface area contributed by atoms with Gasteiger partial charge in [0, 0.05) is 22.5 Å². The first kappa shape index (κ1) is 24.6. The first-order valence-electron chi connectivity index (χ1n) is 11.4. The highest BCUT2D eigenvalue weighted by molar-refractivity contribution is 6.31. The van der Waals surface area contributed by atoms with Crippen LogP contribution in [-0.4, -0.2) is 29.2 Å². The number of fused-ring (bicyclic) bond motifs is 1. The minimum absolute atomic E-state index is 0.364. The molecular weight excluding hydrogens is 462 g/mol. The van der Waals surface area contributed by atoms with Crippen LogP contribution < -0.4 is 0 Å². The van der Waals surface area contributed by atoms with Crippen molar-refractivity contribution >= 4 is 34.4 Å². The van der Waals surface area contributed by atoms with Crippen LogP contribution >= 0.6 is 11.6 Å². The number of carbonyl (C=O) groups excluding carboxylic acids is 2. The Morgan fingerprint density at radius 2 is 1.63 bits per heavy atom. The zero-order valence-corrected chi connectivity index (χ0v) is 21.1. The average Bonchev–Trinajstić information content (AvgIpc) is 3.17. The van der Waals surface area contributed by atoms with Crippen LogP contribution in [0.5, 0.6) is 0 Å². The van der Waals surface area contributed by atoms with Crippen LogP contribution in [-0.2, 0) is 22.4 Å². The van der Waals surface area contributed by atoms with E-state index in [1.54, 1.807) is 12.1 Å². The predicted molar refractivity (Wildman–Crippen MR) is 138 cm³/mol. The lowest BCUT2D eigenvalue weighted by molar-refractivity contribution is 0.00585. The van der Waals surface area contributed by atoms with Crippen molar-refractivity contribution in [1.29, 1.82) is 0 Å². The van der Waals surface area contributed by atoms with E-state index in [4.69, 9.17) is 21.1 Å². The minimum Gasteiger partial charge on any atom is -0.465 e. The molecule has 0 N–H and O–H groups in total. The summed E-state index contributed by atoms with van der Waals surface area (Å²) in [7, 11) is 1.35. The molecule has 0 amide bonds. The lowest BCUT2D eigenvalue weighted by atomic mass is 9.99. The van der Waals surface area contributed by atoms with Crippen LogP contribution in [0.3, 0.4) is 0 Å². The summed E-state index contributed by atoms with van der Waals surface area (Å²) in [5.41, 5.74) is 4.17. The largest absolute Gasteiger partial charge is 0.465 e. The first-order valence-corrected chi connectivity index (χ1v) is 11.8. The van der Waals surface area contributed by atoms with Crippen LogP contribution in [0.2, 0.25) is 5.02 Å². The maximum Gasteiger partial charge on any atom is 0.355 e. The van der Waals surface area contributed by atoms with Crippen LogP contribution in [0.15, 0.2) is 72.8 Å². The van der Waals surface area contributed by atoms with Gasteiger partial charge in [-0.2, -0.15) is 0 Å². The summed E-state index contributed by atoms with van der Waals surface area (Å²) in [6.45, 7) is 6.12. The van der Waals surface area contributed by atoms with Gasteiger partial charge in [0.2, 0.25) is 0 Å². The molecule has 0 aliphatic heterocycles. The average molecular weight is 490 g/mol. The Labute approximate surface area is 210 Å². The SMILES string of the molecule is COC(=O)c1cc(Cl)ccc1Cc1ccc2c(c1)cc(C(=O)OC(C)(C)C)n2Cc1ccccc1. The highest BCUT2D eigenvalue weighted by atomic mass is 35.5. The molecule has 0 fully saturated rings. The van der Waals surface area contributed by atoms with Gasteiger partial charge in [0.05, 0.1) is 12.7 Å². The van der Waals surface area contributed by atoms with Crippen molar-refractivity contribution in [2.24, 2.45) is 0 Å². The zero-order valence-electron chi connectivity index (χ0n) is 20.3. The van der Waals surface area contributed by atoms with E-state index >= 15 is 0 Å². The van der Waals surface area contributed by atoms with E-state index in [-0.39, 0.29) is 5.97 Å². The summed E-state index contributed by atoms with van der Waals surface area (Å²) in [4.78, 5) is 25.4. The van der Waals surface area contributed by atoms with Gasteiger partial charge in [-0.25, -0.2) is 9.59 Å². The van der Waals surface area contributed by atoms with E-state index in [0.717, 1.165) is 27.6 Å². The lowest BCUT2D eigenvalue weighted by Crippen LogP contribution is -2.25. The second kappa shape index (κ2) is 9.96. The van der Waals surface area contributed by atoms with Crippen LogP contribution in [0.4, 0.5) is 0 Å². The lowest BCUT2D eigenvalue weighted by Gasteiger charge is -2.20. The van der Waals surface area contributed by atoms with E-state index in [2.05, 4.69) is 0 Å². The molecule has 0 atom stereocenters. The van der Waals surface area contributed by atoms with Crippen molar-refractivity contribution < 1.29 is 19.1 Å². The summed E-state index contributed by atoms with van der Waals surface area (Å²) >= 11 is 6.11. The van der Waals surface area contributed by atoms with E-state index < -0.39 is 11.6 Å². The molecule has 6 heteroatoms. The van der Waals surface area contributed by atoms with E-state index in [9.17, 15) is 9.59 Å². The molecule has 0 unspecified atom stereocenters. The topological polar surface area (TPSA) is 57.5 Å². The number of benzene rings is 3. The number of halogens is 1. The summed E-state index contributed by atoms with van der Waals surface area (Å²) in [5.74, 6) is -0.790. The molecule has 180 valence electrons. The zero-order chi connectivity index (χ0) is 25.2. The van der Waals surface area contributed by atoms with Gasteiger partial charge in [-0.1, -0.05) is 54.1 Å². The van der Waals surface area contributed by atoms with Crippen molar-refractivity contribution in [3.05, 3.63) is 106 Å². The number of hydrogen-bond donors (Lipinski definition) is 0. The van der Waals surface area contributed by atoms with Crippen LogP contribution in [0.1, 0.15) is 58.3 Å². The van der Waals surface area contributed by atoms with Crippen molar-refractivity contribution in [1.82, 2.24) is 4.57 Å². The molecule has 4 aromatic rings.